The molecule has 0 fully saturated rings. The molecule has 0 heterocycles. The van der Waals surface area contributed by atoms with Gasteiger partial charge in [0.15, 0.2) is 3.23 Å². The van der Waals surface area contributed by atoms with E-state index in [2.05, 4.69) is 31.9 Å². The molecule has 0 aliphatic rings. The predicted molar refractivity (Wildman–Crippen MR) is 45.6 cm³/mol. The minimum atomic E-state index is -0.872. The molecule has 54 valence electrons. The maximum atomic E-state index is 8.53. The molecular formula is C6H6Br2N2. The van der Waals surface area contributed by atoms with Crippen LogP contribution in [-0.4, -0.2) is 3.23 Å². The summed E-state index contributed by atoms with van der Waals surface area (Å²) in [6.07, 6.45) is 0.653. The summed E-state index contributed by atoms with van der Waals surface area (Å²) in [6, 6.07) is 3.98. The summed E-state index contributed by atoms with van der Waals surface area (Å²) in [7, 11) is 0. The number of halogens is 2. The van der Waals surface area contributed by atoms with Gasteiger partial charge in [-0.3, -0.25) is 0 Å². The second-order valence-corrected chi connectivity index (χ2v) is 5.39. The minimum absolute atomic E-state index is 0.308. The molecule has 0 amide bonds. The first-order valence-corrected chi connectivity index (χ1v) is 4.35. The van der Waals surface area contributed by atoms with Gasteiger partial charge in [-0.25, -0.2) is 0 Å². The van der Waals surface area contributed by atoms with Gasteiger partial charge in [0.25, 0.3) is 0 Å². The van der Waals surface area contributed by atoms with E-state index in [9.17, 15) is 0 Å². The second-order valence-electron chi connectivity index (χ2n) is 1.82. The highest BCUT2D eigenvalue weighted by atomic mass is 79.9. The van der Waals surface area contributed by atoms with Crippen LogP contribution in [0.25, 0.3) is 0 Å². The van der Waals surface area contributed by atoms with Crippen LogP contribution in [0, 0.1) is 28.6 Å². The van der Waals surface area contributed by atoms with Crippen LogP contribution in [0.1, 0.15) is 13.3 Å². The van der Waals surface area contributed by atoms with Crippen LogP contribution in [0.15, 0.2) is 0 Å². The highest BCUT2D eigenvalue weighted by Crippen LogP contribution is 2.35. The monoisotopic (exact) mass is 264 g/mol. The van der Waals surface area contributed by atoms with Gasteiger partial charge in [0, 0.05) is 0 Å². The van der Waals surface area contributed by atoms with Crippen LogP contribution in [0.3, 0.4) is 0 Å². The maximum absolute atomic E-state index is 8.53. The minimum Gasteiger partial charge on any atom is -0.198 e. The molecule has 1 atom stereocenters. The van der Waals surface area contributed by atoms with E-state index in [1.54, 1.807) is 0 Å². The van der Waals surface area contributed by atoms with Crippen molar-refractivity contribution in [1.82, 2.24) is 0 Å². The molecule has 0 saturated heterocycles. The molecule has 10 heavy (non-hydrogen) atoms. The number of rotatable bonds is 2. The van der Waals surface area contributed by atoms with Gasteiger partial charge in [-0.15, -0.1) is 0 Å². The van der Waals surface area contributed by atoms with E-state index >= 15 is 0 Å². The van der Waals surface area contributed by atoms with Crippen LogP contribution < -0.4 is 0 Å². The molecule has 0 aromatic heterocycles. The van der Waals surface area contributed by atoms with Crippen LogP contribution in [0.4, 0.5) is 0 Å². The lowest BCUT2D eigenvalue weighted by atomic mass is 10.1. The Kier molecular flexibility index (Phi) is 3.93. The summed E-state index contributed by atoms with van der Waals surface area (Å²) < 4.78 is -0.872. The van der Waals surface area contributed by atoms with E-state index in [4.69, 9.17) is 10.5 Å². The van der Waals surface area contributed by atoms with Gasteiger partial charge in [-0.1, -0.05) is 38.8 Å². The number of alkyl halides is 2. The molecule has 0 aromatic rings. The smallest absolute Gasteiger partial charge is 0.181 e. The van der Waals surface area contributed by atoms with Gasteiger partial charge < -0.3 is 0 Å². The first-order chi connectivity index (χ1) is 4.58. The van der Waals surface area contributed by atoms with Crippen molar-refractivity contribution >= 4 is 31.9 Å². The molecule has 0 aliphatic heterocycles. The summed E-state index contributed by atoms with van der Waals surface area (Å²) in [6.45, 7) is 1.86. The van der Waals surface area contributed by atoms with Crippen molar-refractivity contribution in [2.24, 2.45) is 5.92 Å². The molecule has 0 N–H and O–H groups in total. The fourth-order valence-electron chi connectivity index (χ4n) is 0.507. The fourth-order valence-corrected chi connectivity index (χ4v) is 1.36. The molecule has 0 aliphatic carbocycles. The van der Waals surface area contributed by atoms with Gasteiger partial charge in [0.2, 0.25) is 0 Å². The van der Waals surface area contributed by atoms with E-state index < -0.39 is 3.23 Å². The van der Waals surface area contributed by atoms with E-state index in [1.807, 2.05) is 19.1 Å². The predicted octanol–water partition coefficient (Wildman–Crippen LogP) is 2.55. The Hall–Kier alpha value is -0.0600. The highest BCUT2D eigenvalue weighted by Gasteiger charge is 2.32. The van der Waals surface area contributed by atoms with Crippen molar-refractivity contribution in [3.63, 3.8) is 0 Å². The number of nitrogens with zero attached hydrogens (tertiary/aromatic N) is 2. The summed E-state index contributed by atoms with van der Waals surface area (Å²) in [5.41, 5.74) is 0. The summed E-state index contributed by atoms with van der Waals surface area (Å²) in [5.74, 6) is -0.308. The van der Waals surface area contributed by atoms with Gasteiger partial charge in [0.05, 0.1) is 18.1 Å². The van der Waals surface area contributed by atoms with Crippen molar-refractivity contribution in [1.29, 1.82) is 10.5 Å². The molecule has 4 heteroatoms. The highest BCUT2D eigenvalue weighted by molar-refractivity contribution is 9.25. The van der Waals surface area contributed by atoms with Gasteiger partial charge in [-0.05, 0) is 6.42 Å². The molecule has 0 aromatic carbocycles. The lowest BCUT2D eigenvalue weighted by molar-refractivity contribution is 0.656. The molecule has 2 nitrogen and oxygen atoms in total. The molecule has 0 saturated carbocycles. The second kappa shape index (κ2) is 3.95. The average molecular weight is 266 g/mol. The Morgan fingerprint density at radius 3 is 2.10 bits per heavy atom. The lowest BCUT2D eigenvalue weighted by Gasteiger charge is -2.14. The van der Waals surface area contributed by atoms with Crippen LogP contribution in [0.2, 0.25) is 0 Å². The van der Waals surface area contributed by atoms with E-state index in [1.165, 1.54) is 0 Å². The molecule has 0 rings (SSSR count). The normalized spacial score (nSPS) is 13.3. The summed E-state index contributed by atoms with van der Waals surface area (Å²) in [4.78, 5) is 0. The number of nitriles is 2. The Labute approximate surface area is 77.1 Å². The molecule has 1 unspecified atom stereocenters. The first-order valence-electron chi connectivity index (χ1n) is 2.77. The van der Waals surface area contributed by atoms with Gasteiger partial charge in [-0.2, -0.15) is 10.5 Å². The standard InChI is InChI=1S/C6H6Br2N2/c1-2-5(3-9)6(7,8)4-10/h5H,2H2,1H3. The third-order valence-corrected chi connectivity index (χ3v) is 2.61. The first kappa shape index (κ1) is 9.94. The third-order valence-electron chi connectivity index (χ3n) is 1.15. The number of hydrogen-bond acceptors (Lipinski definition) is 2. The SMILES string of the molecule is CCC(C#N)C(Br)(Br)C#N. The molecular weight excluding hydrogens is 260 g/mol. The maximum Gasteiger partial charge on any atom is 0.181 e. The van der Waals surface area contributed by atoms with Crippen molar-refractivity contribution in [3.8, 4) is 12.1 Å². The largest absolute Gasteiger partial charge is 0.198 e. The lowest BCUT2D eigenvalue weighted by Crippen LogP contribution is -2.19. The van der Waals surface area contributed by atoms with Crippen LogP contribution in [0.5, 0.6) is 0 Å². The quantitative estimate of drug-likeness (QED) is 0.721. The van der Waals surface area contributed by atoms with Crippen LogP contribution in [-0.2, 0) is 0 Å². The Morgan fingerprint density at radius 1 is 1.50 bits per heavy atom. The van der Waals surface area contributed by atoms with E-state index in [0.717, 1.165) is 0 Å². The third kappa shape index (κ3) is 2.28. The van der Waals surface area contributed by atoms with E-state index in [-0.39, 0.29) is 5.92 Å². The topological polar surface area (TPSA) is 47.6 Å². The van der Waals surface area contributed by atoms with Crippen molar-refractivity contribution in [2.45, 2.75) is 16.6 Å². The summed E-state index contributed by atoms with van der Waals surface area (Å²) in [5, 5.41) is 17.1. The Morgan fingerprint density at radius 2 is 2.00 bits per heavy atom. The van der Waals surface area contributed by atoms with Crippen molar-refractivity contribution in [3.05, 3.63) is 0 Å². The summed E-state index contributed by atoms with van der Waals surface area (Å²) >= 11 is 6.20. The zero-order chi connectivity index (χ0) is 8.20. The Balaban J connectivity index is 4.34. The van der Waals surface area contributed by atoms with Crippen molar-refractivity contribution in [2.75, 3.05) is 0 Å². The van der Waals surface area contributed by atoms with Crippen LogP contribution >= 0.6 is 31.9 Å². The molecule has 0 bridgehead atoms. The molecule has 0 spiro atoms. The van der Waals surface area contributed by atoms with E-state index in [0.29, 0.717) is 6.42 Å². The fraction of sp³-hybridized carbons (Fsp3) is 0.667. The zero-order valence-corrected chi connectivity index (χ0v) is 8.61. The van der Waals surface area contributed by atoms with Gasteiger partial charge >= 0.3 is 0 Å². The molecule has 0 radical (unpaired) electrons. The van der Waals surface area contributed by atoms with Crippen molar-refractivity contribution < 1.29 is 0 Å². The average Bonchev–Trinajstić information content (AvgIpc) is 1.90. The number of hydrogen-bond donors (Lipinski definition) is 0. The van der Waals surface area contributed by atoms with Gasteiger partial charge in [0.1, 0.15) is 0 Å². The zero-order valence-electron chi connectivity index (χ0n) is 5.43. The Bertz CT molecular complexity index is 187.